The fourth-order valence-corrected chi connectivity index (χ4v) is 2.13. The van der Waals surface area contributed by atoms with Gasteiger partial charge in [-0.15, -0.1) is 10.2 Å². The lowest BCUT2D eigenvalue weighted by Gasteiger charge is -2.14. The molecule has 6 heteroatoms. The Morgan fingerprint density at radius 2 is 1.61 bits per heavy atom. The number of benzene rings is 1. The van der Waals surface area contributed by atoms with Gasteiger partial charge in [-0.2, -0.15) is 0 Å². The molecular formula is C17H23N5O. The molecule has 23 heavy (non-hydrogen) atoms. The van der Waals surface area contributed by atoms with Crippen LogP contribution in [0.3, 0.4) is 0 Å². The normalized spacial score (nSPS) is 10.7. The Morgan fingerprint density at radius 1 is 0.957 bits per heavy atom. The SMILES string of the molecule is CC(C)NC(=O)Nc1ccc(Nc2ccccc2C(C)C)nn1. The smallest absolute Gasteiger partial charge is 0.320 e. The molecule has 0 saturated carbocycles. The number of para-hydroxylation sites is 1. The summed E-state index contributed by atoms with van der Waals surface area (Å²) in [5.41, 5.74) is 2.22. The first-order valence-electron chi connectivity index (χ1n) is 7.73. The highest BCUT2D eigenvalue weighted by atomic mass is 16.2. The van der Waals surface area contributed by atoms with Gasteiger partial charge in [0.05, 0.1) is 0 Å². The molecule has 0 bridgehead atoms. The van der Waals surface area contributed by atoms with Gasteiger partial charge in [0.2, 0.25) is 0 Å². The lowest BCUT2D eigenvalue weighted by Crippen LogP contribution is -2.34. The Kier molecular flexibility index (Phi) is 5.51. The second kappa shape index (κ2) is 7.58. The third kappa shape index (κ3) is 4.95. The van der Waals surface area contributed by atoms with Gasteiger partial charge in [0.15, 0.2) is 11.6 Å². The maximum absolute atomic E-state index is 11.6. The molecule has 6 nitrogen and oxygen atoms in total. The summed E-state index contributed by atoms with van der Waals surface area (Å²) < 4.78 is 0. The third-order valence-corrected chi connectivity index (χ3v) is 3.17. The van der Waals surface area contributed by atoms with E-state index in [0.29, 0.717) is 17.6 Å². The summed E-state index contributed by atoms with van der Waals surface area (Å²) in [5, 5.41) is 16.8. The average molecular weight is 313 g/mol. The summed E-state index contributed by atoms with van der Waals surface area (Å²) in [6.07, 6.45) is 0. The van der Waals surface area contributed by atoms with Crippen LogP contribution in [0.25, 0.3) is 0 Å². The van der Waals surface area contributed by atoms with Gasteiger partial charge in [-0.3, -0.25) is 5.32 Å². The molecule has 2 aromatic rings. The van der Waals surface area contributed by atoms with Crippen LogP contribution in [0.1, 0.15) is 39.2 Å². The van der Waals surface area contributed by atoms with Gasteiger partial charge < -0.3 is 10.6 Å². The van der Waals surface area contributed by atoms with Crippen molar-refractivity contribution < 1.29 is 4.79 Å². The Bertz CT molecular complexity index is 652. The van der Waals surface area contributed by atoms with Gasteiger partial charge in [-0.25, -0.2) is 4.79 Å². The molecule has 0 aliphatic rings. The van der Waals surface area contributed by atoms with E-state index in [9.17, 15) is 4.79 Å². The Hall–Kier alpha value is -2.63. The van der Waals surface area contributed by atoms with E-state index in [4.69, 9.17) is 0 Å². The van der Waals surface area contributed by atoms with E-state index >= 15 is 0 Å². The van der Waals surface area contributed by atoms with Crippen molar-refractivity contribution in [3.8, 4) is 0 Å². The molecule has 0 aliphatic heterocycles. The van der Waals surface area contributed by atoms with Crippen LogP contribution in [0.4, 0.5) is 22.1 Å². The minimum absolute atomic E-state index is 0.0661. The first-order valence-corrected chi connectivity index (χ1v) is 7.73. The van der Waals surface area contributed by atoms with Gasteiger partial charge >= 0.3 is 6.03 Å². The number of nitrogens with zero attached hydrogens (tertiary/aromatic N) is 2. The van der Waals surface area contributed by atoms with Crippen molar-refractivity contribution in [2.45, 2.75) is 39.7 Å². The summed E-state index contributed by atoms with van der Waals surface area (Å²) in [4.78, 5) is 11.6. The maximum atomic E-state index is 11.6. The van der Waals surface area contributed by atoms with Crippen molar-refractivity contribution in [1.29, 1.82) is 0 Å². The molecule has 3 N–H and O–H groups in total. The first kappa shape index (κ1) is 16.7. The number of hydrogen-bond acceptors (Lipinski definition) is 4. The van der Waals surface area contributed by atoms with Crippen LogP contribution in [0.2, 0.25) is 0 Å². The number of rotatable bonds is 5. The van der Waals surface area contributed by atoms with E-state index in [1.807, 2.05) is 32.0 Å². The van der Waals surface area contributed by atoms with Crippen LogP contribution in [0.15, 0.2) is 36.4 Å². The lowest BCUT2D eigenvalue weighted by atomic mass is 10.0. The van der Waals surface area contributed by atoms with Gasteiger partial charge in [-0.1, -0.05) is 32.0 Å². The number of amides is 2. The predicted octanol–water partition coefficient (Wildman–Crippen LogP) is 3.87. The van der Waals surface area contributed by atoms with E-state index in [2.05, 4.69) is 46.1 Å². The lowest BCUT2D eigenvalue weighted by molar-refractivity contribution is 0.250. The molecule has 0 saturated heterocycles. The summed E-state index contributed by atoms with van der Waals surface area (Å²) in [6, 6.07) is 11.4. The highest BCUT2D eigenvalue weighted by molar-refractivity contribution is 5.88. The maximum Gasteiger partial charge on any atom is 0.320 e. The van der Waals surface area contributed by atoms with Crippen molar-refractivity contribution in [3.63, 3.8) is 0 Å². The van der Waals surface area contributed by atoms with Crippen LogP contribution in [-0.4, -0.2) is 22.3 Å². The Labute approximate surface area is 136 Å². The van der Waals surface area contributed by atoms with Crippen molar-refractivity contribution >= 4 is 23.4 Å². The van der Waals surface area contributed by atoms with E-state index in [0.717, 1.165) is 5.69 Å². The number of carbonyl (C=O) groups excluding carboxylic acids is 1. The van der Waals surface area contributed by atoms with Crippen molar-refractivity contribution in [2.75, 3.05) is 10.6 Å². The van der Waals surface area contributed by atoms with Crippen LogP contribution >= 0.6 is 0 Å². The summed E-state index contributed by atoms with van der Waals surface area (Å²) >= 11 is 0. The van der Waals surface area contributed by atoms with E-state index in [1.165, 1.54) is 5.56 Å². The van der Waals surface area contributed by atoms with Crippen molar-refractivity contribution in [1.82, 2.24) is 15.5 Å². The zero-order valence-corrected chi connectivity index (χ0v) is 13.9. The first-order chi connectivity index (χ1) is 11.0. The summed E-state index contributed by atoms with van der Waals surface area (Å²) in [5.74, 6) is 1.45. The second-order valence-corrected chi connectivity index (χ2v) is 5.92. The van der Waals surface area contributed by atoms with Gasteiger partial charge in [-0.05, 0) is 43.5 Å². The Balaban J connectivity index is 2.05. The molecule has 0 unspecified atom stereocenters. The van der Waals surface area contributed by atoms with E-state index in [1.54, 1.807) is 12.1 Å². The monoisotopic (exact) mass is 313 g/mol. The average Bonchev–Trinajstić information content (AvgIpc) is 2.48. The zero-order valence-electron chi connectivity index (χ0n) is 13.9. The van der Waals surface area contributed by atoms with Crippen molar-refractivity contribution in [2.24, 2.45) is 0 Å². The number of hydrogen-bond donors (Lipinski definition) is 3. The number of anilines is 3. The van der Waals surface area contributed by atoms with Crippen LogP contribution in [0.5, 0.6) is 0 Å². The molecule has 0 radical (unpaired) electrons. The van der Waals surface area contributed by atoms with Gasteiger partial charge in [0, 0.05) is 11.7 Å². The number of aromatic nitrogens is 2. The predicted molar refractivity (Wildman–Crippen MR) is 93.1 cm³/mol. The molecule has 0 aliphatic carbocycles. The standard InChI is InChI=1S/C17H23N5O/c1-11(2)13-7-5-6-8-14(13)19-15-9-10-16(22-21-15)20-17(23)18-12(3)4/h5-12H,1-4H3,(H,19,21)(H2,18,20,22,23). The topological polar surface area (TPSA) is 78.9 Å². The molecule has 122 valence electrons. The minimum Gasteiger partial charge on any atom is -0.338 e. The number of urea groups is 1. The van der Waals surface area contributed by atoms with Gasteiger partial charge in [0.1, 0.15) is 0 Å². The Morgan fingerprint density at radius 3 is 2.22 bits per heavy atom. The molecule has 1 aromatic carbocycles. The summed E-state index contributed by atoms with van der Waals surface area (Å²) in [6.45, 7) is 8.08. The fourth-order valence-electron chi connectivity index (χ4n) is 2.13. The van der Waals surface area contributed by atoms with Crippen LogP contribution in [0, 0.1) is 0 Å². The second-order valence-electron chi connectivity index (χ2n) is 5.92. The fraction of sp³-hybridized carbons (Fsp3) is 0.353. The summed E-state index contributed by atoms with van der Waals surface area (Å²) in [7, 11) is 0. The van der Waals surface area contributed by atoms with Crippen LogP contribution < -0.4 is 16.0 Å². The third-order valence-electron chi connectivity index (χ3n) is 3.17. The highest BCUT2D eigenvalue weighted by Gasteiger charge is 2.08. The molecule has 1 aromatic heterocycles. The van der Waals surface area contributed by atoms with Crippen molar-refractivity contribution in [3.05, 3.63) is 42.0 Å². The molecular weight excluding hydrogens is 290 g/mol. The molecule has 1 heterocycles. The number of carbonyl (C=O) groups is 1. The van der Waals surface area contributed by atoms with Gasteiger partial charge in [0.25, 0.3) is 0 Å². The van der Waals surface area contributed by atoms with E-state index in [-0.39, 0.29) is 12.1 Å². The molecule has 2 rings (SSSR count). The molecule has 0 spiro atoms. The number of nitrogens with one attached hydrogen (secondary N) is 3. The molecule has 0 atom stereocenters. The quantitative estimate of drug-likeness (QED) is 0.783. The highest BCUT2D eigenvalue weighted by Crippen LogP contribution is 2.26. The zero-order chi connectivity index (χ0) is 16.8. The van der Waals surface area contributed by atoms with Crippen LogP contribution in [-0.2, 0) is 0 Å². The van der Waals surface area contributed by atoms with E-state index < -0.39 is 0 Å². The largest absolute Gasteiger partial charge is 0.338 e. The molecule has 0 fully saturated rings. The molecule has 2 amide bonds. The minimum atomic E-state index is -0.292.